The van der Waals surface area contributed by atoms with Crippen molar-refractivity contribution in [3.8, 4) is 0 Å². The van der Waals surface area contributed by atoms with Gasteiger partial charge in [-0.3, -0.25) is 4.79 Å². The summed E-state index contributed by atoms with van der Waals surface area (Å²) in [7, 11) is 2.15. The summed E-state index contributed by atoms with van der Waals surface area (Å²) in [5.74, 6) is 1.32. The van der Waals surface area contributed by atoms with Crippen molar-refractivity contribution in [1.82, 2.24) is 15.5 Å². The van der Waals surface area contributed by atoms with Crippen molar-refractivity contribution >= 4 is 5.91 Å². The monoisotopic (exact) mass is 241 g/mol. The van der Waals surface area contributed by atoms with Gasteiger partial charge in [0.25, 0.3) is 0 Å². The van der Waals surface area contributed by atoms with Crippen LogP contribution < -0.4 is 10.6 Å². The Morgan fingerprint density at radius 1 is 1.41 bits per heavy atom. The molecule has 2 N–H and O–H groups in total. The van der Waals surface area contributed by atoms with E-state index in [2.05, 4.69) is 36.4 Å². The molecule has 0 saturated carbocycles. The van der Waals surface area contributed by atoms with Gasteiger partial charge in [0.1, 0.15) is 0 Å². The summed E-state index contributed by atoms with van der Waals surface area (Å²) in [6, 6.07) is -0.0837. The molecule has 2 unspecified atom stereocenters. The summed E-state index contributed by atoms with van der Waals surface area (Å²) in [5, 5.41) is 6.28. The molecule has 1 heterocycles. The van der Waals surface area contributed by atoms with Crippen LogP contribution in [0.3, 0.4) is 0 Å². The number of hydrogen-bond donors (Lipinski definition) is 2. The number of likely N-dealkylation sites (tertiary alicyclic amines) is 1. The van der Waals surface area contributed by atoms with Crippen molar-refractivity contribution < 1.29 is 4.79 Å². The standard InChI is InChI=1S/C13H27N3O/c1-10(2)7-15-13(17)11(3)14-8-12-5-6-16(4)9-12/h10-12,14H,5-9H2,1-4H3,(H,15,17). The molecule has 0 spiro atoms. The fourth-order valence-electron chi connectivity index (χ4n) is 2.09. The number of hydrogen-bond acceptors (Lipinski definition) is 3. The molecule has 100 valence electrons. The Labute approximate surface area is 105 Å². The second-order valence-corrected chi connectivity index (χ2v) is 5.69. The summed E-state index contributed by atoms with van der Waals surface area (Å²) >= 11 is 0. The van der Waals surface area contributed by atoms with Crippen molar-refractivity contribution in [2.75, 3.05) is 33.2 Å². The van der Waals surface area contributed by atoms with Gasteiger partial charge in [0.15, 0.2) is 0 Å². The highest BCUT2D eigenvalue weighted by Crippen LogP contribution is 2.12. The zero-order valence-electron chi connectivity index (χ0n) is 11.6. The van der Waals surface area contributed by atoms with Crippen LogP contribution >= 0.6 is 0 Å². The largest absolute Gasteiger partial charge is 0.354 e. The summed E-state index contributed by atoms with van der Waals surface area (Å²) in [6.07, 6.45) is 1.24. The molecule has 1 rings (SSSR count). The van der Waals surface area contributed by atoms with E-state index in [9.17, 15) is 4.79 Å². The van der Waals surface area contributed by atoms with Gasteiger partial charge in [0, 0.05) is 13.1 Å². The van der Waals surface area contributed by atoms with Gasteiger partial charge >= 0.3 is 0 Å². The highest BCUT2D eigenvalue weighted by Gasteiger charge is 2.21. The normalized spacial score (nSPS) is 23.0. The predicted molar refractivity (Wildman–Crippen MR) is 70.9 cm³/mol. The molecule has 1 aliphatic heterocycles. The molecule has 1 saturated heterocycles. The summed E-state index contributed by atoms with van der Waals surface area (Å²) in [6.45, 7) is 10.2. The van der Waals surface area contributed by atoms with Crippen molar-refractivity contribution in [3.63, 3.8) is 0 Å². The maximum absolute atomic E-state index is 11.7. The Morgan fingerprint density at radius 3 is 2.65 bits per heavy atom. The minimum absolute atomic E-state index is 0.0837. The Morgan fingerprint density at radius 2 is 2.12 bits per heavy atom. The van der Waals surface area contributed by atoms with Crippen molar-refractivity contribution in [2.45, 2.75) is 33.2 Å². The Hall–Kier alpha value is -0.610. The van der Waals surface area contributed by atoms with E-state index in [0.717, 1.165) is 19.6 Å². The molecule has 0 aromatic rings. The lowest BCUT2D eigenvalue weighted by atomic mass is 10.1. The van der Waals surface area contributed by atoms with E-state index in [0.29, 0.717) is 11.8 Å². The van der Waals surface area contributed by atoms with E-state index < -0.39 is 0 Å². The molecule has 1 fully saturated rings. The van der Waals surface area contributed by atoms with Crippen LogP contribution in [0.4, 0.5) is 0 Å². The van der Waals surface area contributed by atoms with Crippen LogP contribution in [0, 0.1) is 11.8 Å². The van der Waals surface area contributed by atoms with Crippen LogP contribution in [0.25, 0.3) is 0 Å². The van der Waals surface area contributed by atoms with E-state index in [4.69, 9.17) is 0 Å². The van der Waals surface area contributed by atoms with Gasteiger partial charge in [-0.1, -0.05) is 13.8 Å². The van der Waals surface area contributed by atoms with Crippen LogP contribution in [-0.4, -0.2) is 50.1 Å². The molecule has 0 bridgehead atoms. The summed E-state index contributed by atoms with van der Waals surface area (Å²) in [4.78, 5) is 14.1. The van der Waals surface area contributed by atoms with Crippen molar-refractivity contribution in [1.29, 1.82) is 0 Å². The van der Waals surface area contributed by atoms with Crippen molar-refractivity contribution in [3.05, 3.63) is 0 Å². The van der Waals surface area contributed by atoms with Crippen LogP contribution in [-0.2, 0) is 4.79 Å². The Balaban J connectivity index is 2.15. The second-order valence-electron chi connectivity index (χ2n) is 5.69. The molecule has 1 aliphatic rings. The molecule has 0 radical (unpaired) electrons. The lowest BCUT2D eigenvalue weighted by Crippen LogP contribution is -2.44. The highest BCUT2D eigenvalue weighted by molar-refractivity contribution is 5.81. The van der Waals surface area contributed by atoms with Gasteiger partial charge in [-0.05, 0) is 45.3 Å². The van der Waals surface area contributed by atoms with E-state index in [1.807, 2.05) is 6.92 Å². The maximum Gasteiger partial charge on any atom is 0.236 e. The van der Waals surface area contributed by atoms with Gasteiger partial charge in [-0.2, -0.15) is 0 Å². The van der Waals surface area contributed by atoms with E-state index >= 15 is 0 Å². The third-order valence-corrected chi connectivity index (χ3v) is 3.28. The first-order valence-electron chi connectivity index (χ1n) is 6.68. The quantitative estimate of drug-likeness (QED) is 0.719. The molecule has 4 heteroatoms. The predicted octanol–water partition coefficient (Wildman–Crippen LogP) is 0.688. The van der Waals surface area contributed by atoms with Gasteiger partial charge in [-0.25, -0.2) is 0 Å². The first-order valence-corrected chi connectivity index (χ1v) is 6.68. The first kappa shape index (κ1) is 14.5. The smallest absolute Gasteiger partial charge is 0.236 e. The Bertz CT molecular complexity index is 243. The zero-order valence-corrected chi connectivity index (χ0v) is 11.6. The van der Waals surface area contributed by atoms with E-state index in [1.165, 1.54) is 13.0 Å². The maximum atomic E-state index is 11.7. The number of rotatable bonds is 6. The summed E-state index contributed by atoms with van der Waals surface area (Å²) in [5.41, 5.74) is 0. The van der Waals surface area contributed by atoms with Gasteiger partial charge in [0.05, 0.1) is 6.04 Å². The summed E-state index contributed by atoms with van der Waals surface area (Å²) < 4.78 is 0. The average molecular weight is 241 g/mol. The highest BCUT2D eigenvalue weighted by atomic mass is 16.2. The second kappa shape index (κ2) is 6.97. The van der Waals surface area contributed by atoms with E-state index in [1.54, 1.807) is 0 Å². The molecule has 0 aromatic heterocycles. The Kier molecular flexibility index (Phi) is 5.92. The minimum atomic E-state index is -0.0837. The molecule has 17 heavy (non-hydrogen) atoms. The first-order chi connectivity index (χ1) is 7.99. The van der Waals surface area contributed by atoms with Crippen LogP contribution in [0.5, 0.6) is 0 Å². The molecule has 2 atom stereocenters. The number of carbonyl (C=O) groups is 1. The fourth-order valence-corrected chi connectivity index (χ4v) is 2.09. The number of amides is 1. The zero-order chi connectivity index (χ0) is 12.8. The third-order valence-electron chi connectivity index (χ3n) is 3.28. The fraction of sp³-hybridized carbons (Fsp3) is 0.923. The van der Waals surface area contributed by atoms with Crippen LogP contribution in [0.15, 0.2) is 0 Å². The lowest BCUT2D eigenvalue weighted by Gasteiger charge is -2.17. The molecule has 1 amide bonds. The van der Waals surface area contributed by atoms with E-state index in [-0.39, 0.29) is 11.9 Å². The molecular weight excluding hydrogens is 214 g/mol. The van der Waals surface area contributed by atoms with Gasteiger partial charge < -0.3 is 15.5 Å². The number of nitrogens with one attached hydrogen (secondary N) is 2. The number of carbonyl (C=O) groups excluding carboxylic acids is 1. The molecule has 0 aliphatic carbocycles. The van der Waals surface area contributed by atoms with Crippen LogP contribution in [0.2, 0.25) is 0 Å². The molecule has 0 aromatic carbocycles. The van der Waals surface area contributed by atoms with Crippen molar-refractivity contribution in [2.24, 2.45) is 11.8 Å². The topological polar surface area (TPSA) is 44.4 Å². The lowest BCUT2D eigenvalue weighted by molar-refractivity contribution is -0.122. The molecular formula is C13H27N3O. The SMILES string of the molecule is CC(C)CNC(=O)C(C)NCC1CCN(C)C1. The average Bonchev–Trinajstić information content (AvgIpc) is 2.68. The number of nitrogens with zero attached hydrogens (tertiary/aromatic N) is 1. The molecule has 4 nitrogen and oxygen atoms in total. The van der Waals surface area contributed by atoms with Gasteiger partial charge in [0.2, 0.25) is 5.91 Å². The van der Waals surface area contributed by atoms with Gasteiger partial charge in [-0.15, -0.1) is 0 Å². The van der Waals surface area contributed by atoms with Crippen LogP contribution in [0.1, 0.15) is 27.2 Å². The minimum Gasteiger partial charge on any atom is -0.354 e. The third kappa shape index (κ3) is 5.50.